The van der Waals surface area contributed by atoms with E-state index in [0.29, 0.717) is 25.7 Å². The monoisotopic (exact) mass is 421 g/mol. The summed E-state index contributed by atoms with van der Waals surface area (Å²) < 4.78 is 5.85. The molecule has 1 atom stereocenters. The quantitative estimate of drug-likeness (QED) is 0.454. The van der Waals surface area contributed by atoms with Crippen LogP contribution in [-0.2, 0) is 4.84 Å². The molecule has 1 aliphatic rings. The molecule has 0 bridgehead atoms. The van der Waals surface area contributed by atoms with Crippen molar-refractivity contribution in [1.29, 1.82) is 0 Å². The Hall–Kier alpha value is -2.13. The number of hydrazine groups is 1. The average molecular weight is 422 g/mol. The summed E-state index contributed by atoms with van der Waals surface area (Å²) in [6, 6.07) is 13.6. The van der Waals surface area contributed by atoms with Crippen LogP contribution in [0.5, 0.6) is 5.75 Å². The molecule has 0 amide bonds. The average Bonchev–Trinajstić information content (AvgIpc) is 2.69. The summed E-state index contributed by atoms with van der Waals surface area (Å²) in [7, 11) is 3.42. The van der Waals surface area contributed by atoms with Gasteiger partial charge in [-0.25, -0.2) is 10.2 Å². The number of benzene rings is 2. The number of hydrogen-bond donors (Lipinski definition) is 1. The van der Waals surface area contributed by atoms with E-state index >= 15 is 0 Å². The molecule has 0 radical (unpaired) electrons. The number of oxime groups is 1. The van der Waals surface area contributed by atoms with Crippen LogP contribution in [0.2, 0.25) is 5.02 Å². The molecule has 140 valence electrons. The van der Waals surface area contributed by atoms with Crippen molar-refractivity contribution in [2.75, 3.05) is 14.2 Å². The minimum Gasteiger partial charge on any atom is -0.497 e. The van der Waals surface area contributed by atoms with E-state index in [2.05, 4.69) is 10.6 Å². The Morgan fingerprint density at radius 1 is 1.30 bits per heavy atom. The van der Waals surface area contributed by atoms with Crippen LogP contribution in [0.25, 0.3) is 0 Å². The van der Waals surface area contributed by atoms with Gasteiger partial charge in [-0.05, 0) is 53.7 Å². The molecule has 2 aromatic carbocycles. The van der Waals surface area contributed by atoms with E-state index in [1.807, 2.05) is 31.3 Å². The number of ether oxygens (including phenoxy) is 1. The van der Waals surface area contributed by atoms with Crippen molar-refractivity contribution in [3.05, 3.63) is 64.7 Å². The van der Waals surface area contributed by atoms with Crippen molar-refractivity contribution in [3.8, 4) is 5.75 Å². The molecule has 1 N–H and O–H groups in total. The highest BCUT2D eigenvalue weighted by Gasteiger charge is 2.30. The van der Waals surface area contributed by atoms with Gasteiger partial charge in [0, 0.05) is 12.1 Å². The summed E-state index contributed by atoms with van der Waals surface area (Å²) in [6.45, 7) is 0. The van der Waals surface area contributed by atoms with Crippen LogP contribution in [0.1, 0.15) is 22.0 Å². The Labute approximate surface area is 171 Å². The number of rotatable bonds is 4. The van der Waals surface area contributed by atoms with Gasteiger partial charge in [0.1, 0.15) is 16.8 Å². The lowest BCUT2D eigenvalue weighted by atomic mass is 10.1. The Kier molecular flexibility index (Phi) is 6.33. The Balaban J connectivity index is 1.84. The van der Waals surface area contributed by atoms with Crippen molar-refractivity contribution < 1.29 is 14.4 Å². The summed E-state index contributed by atoms with van der Waals surface area (Å²) >= 11 is 12.4. The van der Waals surface area contributed by atoms with E-state index in [1.165, 1.54) is 11.8 Å². The van der Waals surface area contributed by atoms with Crippen LogP contribution in [0.15, 0.2) is 53.7 Å². The van der Waals surface area contributed by atoms with Crippen molar-refractivity contribution in [2.45, 2.75) is 6.04 Å². The van der Waals surface area contributed by atoms with Gasteiger partial charge in [0.15, 0.2) is 4.32 Å². The van der Waals surface area contributed by atoms with E-state index in [-0.39, 0.29) is 6.04 Å². The number of nitrogens with zero attached hydrogens (tertiary/aromatic N) is 2. The van der Waals surface area contributed by atoms with Crippen molar-refractivity contribution in [1.82, 2.24) is 10.4 Å². The minimum atomic E-state index is -0.575. The largest absolute Gasteiger partial charge is 0.497 e. The summed E-state index contributed by atoms with van der Waals surface area (Å²) in [6.07, 6.45) is 0. The van der Waals surface area contributed by atoms with Crippen LogP contribution in [0.4, 0.5) is 0 Å². The van der Waals surface area contributed by atoms with Gasteiger partial charge in [0.2, 0.25) is 0 Å². The number of nitrogens with one attached hydrogen (secondary N) is 1. The van der Waals surface area contributed by atoms with Crippen molar-refractivity contribution >= 4 is 50.9 Å². The molecule has 3 rings (SSSR count). The summed E-state index contributed by atoms with van der Waals surface area (Å²) in [4.78, 5) is 17.4. The van der Waals surface area contributed by atoms with Crippen LogP contribution in [0.3, 0.4) is 0 Å². The maximum absolute atomic E-state index is 12.2. The second kappa shape index (κ2) is 8.71. The zero-order valence-electron chi connectivity index (χ0n) is 14.5. The van der Waals surface area contributed by atoms with E-state index in [1.54, 1.807) is 36.4 Å². The Bertz CT molecular complexity index is 890. The first-order chi connectivity index (χ1) is 13.0. The first-order valence-electron chi connectivity index (χ1n) is 7.88. The summed E-state index contributed by atoms with van der Waals surface area (Å²) in [5, 5.41) is 6.85. The molecule has 6 nitrogen and oxygen atoms in total. The molecule has 0 aromatic heterocycles. The van der Waals surface area contributed by atoms with Gasteiger partial charge in [0.05, 0.1) is 12.7 Å². The van der Waals surface area contributed by atoms with Crippen molar-refractivity contribution in [3.63, 3.8) is 0 Å². The topological polar surface area (TPSA) is 63.2 Å². The fourth-order valence-electron chi connectivity index (χ4n) is 2.35. The van der Waals surface area contributed by atoms with E-state index in [9.17, 15) is 4.79 Å². The van der Waals surface area contributed by atoms with Crippen molar-refractivity contribution in [2.24, 2.45) is 5.16 Å². The maximum atomic E-state index is 12.2. The van der Waals surface area contributed by atoms with E-state index < -0.39 is 5.97 Å². The number of carbonyl (C=O) groups is 1. The van der Waals surface area contributed by atoms with Gasteiger partial charge in [-0.2, -0.15) is 0 Å². The lowest BCUT2D eigenvalue weighted by Gasteiger charge is -2.33. The molecule has 1 heterocycles. The van der Waals surface area contributed by atoms with Gasteiger partial charge in [-0.1, -0.05) is 41.1 Å². The lowest BCUT2D eigenvalue weighted by Crippen LogP contribution is -2.47. The SMILES string of the molecule is COc1cccc([C@@H]2NN(C)C(=S)S/C2=N\OC(=O)c2ccc(Cl)cc2)c1. The first kappa shape index (κ1) is 19.6. The van der Waals surface area contributed by atoms with Gasteiger partial charge >= 0.3 is 5.97 Å². The highest BCUT2D eigenvalue weighted by molar-refractivity contribution is 8.33. The van der Waals surface area contributed by atoms with Gasteiger partial charge in [-0.3, -0.25) is 5.01 Å². The van der Waals surface area contributed by atoms with E-state index in [4.69, 9.17) is 33.4 Å². The standard InChI is InChI=1S/C18H16ClN3O3S2/c1-22-18(26)27-16(15(20-22)12-4-3-5-14(10-12)24-2)21-25-17(23)11-6-8-13(19)9-7-11/h3-10,15,20H,1-2H3/b21-16-/t15-/m0/s1. The van der Waals surface area contributed by atoms with Gasteiger partial charge < -0.3 is 9.57 Å². The predicted molar refractivity (Wildman–Crippen MR) is 111 cm³/mol. The molecule has 2 aromatic rings. The Morgan fingerprint density at radius 3 is 2.74 bits per heavy atom. The smallest absolute Gasteiger partial charge is 0.365 e. The van der Waals surface area contributed by atoms with Crippen LogP contribution >= 0.6 is 35.6 Å². The third-order valence-corrected chi connectivity index (χ3v) is 5.50. The Morgan fingerprint density at radius 2 is 2.04 bits per heavy atom. The number of thiocarbonyl (C=S) groups is 1. The van der Waals surface area contributed by atoms with E-state index in [0.717, 1.165) is 5.56 Å². The fraction of sp³-hybridized carbons (Fsp3) is 0.167. The molecule has 0 aliphatic carbocycles. The highest BCUT2D eigenvalue weighted by atomic mass is 35.5. The summed E-state index contributed by atoms with van der Waals surface area (Å²) in [5.41, 5.74) is 4.49. The molecular weight excluding hydrogens is 406 g/mol. The lowest BCUT2D eigenvalue weighted by molar-refractivity contribution is 0.0515. The molecular formula is C18H16ClN3O3S2. The first-order valence-corrected chi connectivity index (χ1v) is 9.48. The molecule has 1 aliphatic heterocycles. The van der Waals surface area contributed by atoms with Crippen LogP contribution < -0.4 is 10.2 Å². The zero-order valence-corrected chi connectivity index (χ0v) is 16.9. The third kappa shape index (κ3) is 4.78. The normalized spacial score (nSPS) is 18.5. The number of thioether (sulfide) groups is 1. The van der Waals surface area contributed by atoms with Crippen LogP contribution in [0, 0.1) is 0 Å². The fourth-order valence-corrected chi connectivity index (χ4v) is 3.54. The molecule has 9 heteroatoms. The second-order valence-electron chi connectivity index (χ2n) is 5.58. The molecule has 1 fully saturated rings. The number of methoxy groups -OCH3 is 1. The number of hydrogen-bond acceptors (Lipinski definition) is 7. The highest BCUT2D eigenvalue weighted by Crippen LogP contribution is 2.30. The number of carbonyl (C=O) groups excluding carboxylic acids is 1. The summed E-state index contributed by atoms with van der Waals surface area (Å²) in [5.74, 6) is 0.140. The van der Waals surface area contributed by atoms with Gasteiger partial charge in [0.25, 0.3) is 0 Å². The third-order valence-electron chi connectivity index (χ3n) is 3.76. The minimum absolute atomic E-state index is 0.334. The van der Waals surface area contributed by atoms with Crippen LogP contribution in [-0.4, -0.2) is 34.5 Å². The predicted octanol–water partition coefficient (Wildman–Crippen LogP) is 4.03. The number of halogens is 1. The zero-order chi connectivity index (χ0) is 19.4. The molecule has 27 heavy (non-hydrogen) atoms. The molecule has 1 saturated heterocycles. The van der Waals surface area contributed by atoms with Gasteiger partial charge in [-0.15, -0.1) is 0 Å². The molecule has 0 unspecified atom stereocenters. The maximum Gasteiger partial charge on any atom is 0.365 e. The second-order valence-corrected chi connectivity index (χ2v) is 7.67. The molecule has 0 spiro atoms. The molecule has 0 saturated carbocycles.